The number of methoxy groups -OCH3 is 2. The Morgan fingerprint density at radius 3 is 2.09 bits per heavy atom. The second kappa shape index (κ2) is 16.0. The molecule has 1 radical (unpaired) electrons. The SMILES string of the molecule is COCOc1ccc(C2(C)COc3cc(OCOC)ccc3C2(O)C#CCOc2ccc(C(CCC(C)(C)C)O[Si](C)C)cc2)cc1. The summed E-state index contributed by atoms with van der Waals surface area (Å²) >= 11 is 0. The summed E-state index contributed by atoms with van der Waals surface area (Å²) in [4.78, 5) is 0. The fraction of sp³-hybridized carbons (Fsp3) is 0.474. The van der Waals surface area contributed by atoms with Gasteiger partial charge in [-0.3, -0.25) is 0 Å². The van der Waals surface area contributed by atoms with Gasteiger partial charge in [-0.2, -0.15) is 0 Å². The highest BCUT2D eigenvalue weighted by Gasteiger charge is 2.53. The quantitative estimate of drug-likeness (QED) is 0.109. The molecule has 0 bridgehead atoms. The fourth-order valence-electron chi connectivity index (χ4n) is 5.51. The third-order valence-electron chi connectivity index (χ3n) is 8.20. The summed E-state index contributed by atoms with van der Waals surface area (Å²) in [5, 5.41) is 12.5. The van der Waals surface area contributed by atoms with Crippen molar-refractivity contribution in [2.75, 3.05) is 41.0 Å². The number of hydrogen-bond acceptors (Lipinski definition) is 8. The molecule has 9 heteroatoms. The van der Waals surface area contributed by atoms with Crippen LogP contribution in [0, 0.1) is 17.3 Å². The minimum absolute atomic E-state index is 0.0634. The Morgan fingerprint density at radius 1 is 0.872 bits per heavy atom. The Balaban J connectivity index is 1.57. The van der Waals surface area contributed by atoms with Crippen LogP contribution in [0.4, 0.5) is 0 Å². The normalized spacial score (nSPS) is 19.6. The zero-order chi connectivity index (χ0) is 34.1. The van der Waals surface area contributed by atoms with Crippen LogP contribution in [-0.4, -0.2) is 55.2 Å². The summed E-state index contributed by atoms with van der Waals surface area (Å²) in [7, 11) is 2.27. The number of benzene rings is 3. The Labute approximate surface area is 282 Å². The maximum Gasteiger partial charge on any atom is 0.205 e. The lowest BCUT2D eigenvalue weighted by Gasteiger charge is -2.46. The van der Waals surface area contributed by atoms with Crippen LogP contribution in [0.1, 0.15) is 63.3 Å². The van der Waals surface area contributed by atoms with Gasteiger partial charge in [-0.1, -0.05) is 56.9 Å². The van der Waals surface area contributed by atoms with E-state index in [1.807, 2.05) is 43.3 Å². The lowest BCUT2D eigenvalue weighted by Crippen LogP contribution is -2.53. The van der Waals surface area contributed by atoms with Crippen molar-refractivity contribution in [2.24, 2.45) is 5.41 Å². The Bertz CT molecular complexity index is 1490. The molecule has 47 heavy (non-hydrogen) atoms. The van der Waals surface area contributed by atoms with Crippen molar-refractivity contribution in [3.05, 3.63) is 83.4 Å². The van der Waals surface area contributed by atoms with Gasteiger partial charge in [0.05, 0.1) is 11.5 Å². The molecular weight excluding hydrogens is 612 g/mol. The topological polar surface area (TPSA) is 84.8 Å². The van der Waals surface area contributed by atoms with Gasteiger partial charge in [0.25, 0.3) is 0 Å². The average Bonchev–Trinajstić information content (AvgIpc) is 3.05. The first-order valence-corrected chi connectivity index (χ1v) is 18.3. The standard InChI is InChI=1S/C38H49O8Si/c1-36(2,3)22-20-34(46-47(7)8)28-10-14-30(15-11-28)42-23-9-21-38(39)33-19-18-32(45-27-41-6)24-35(33)43-25-37(38,4)29-12-16-31(17-13-29)44-26-40-5/h10-19,24,34,39H,20,22-23,25-27H2,1-8H3. The van der Waals surface area contributed by atoms with Crippen LogP contribution in [0.15, 0.2) is 66.7 Å². The molecule has 3 aromatic rings. The number of aliphatic hydroxyl groups is 1. The van der Waals surface area contributed by atoms with Crippen molar-refractivity contribution in [3.8, 4) is 34.8 Å². The van der Waals surface area contributed by atoms with E-state index in [1.165, 1.54) is 0 Å². The molecule has 1 aliphatic heterocycles. The monoisotopic (exact) mass is 661 g/mol. The molecule has 1 heterocycles. The van der Waals surface area contributed by atoms with Crippen LogP contribution in [0.25, 0.3) is 0 Å². The van der Waals surface area contributed by atoms with Crippen LogP contribution in [0.3, 0.4) is 0 Å². The van der Waals surface area contributed by atoms with Crippen molar-refractivity contribution < 1.29 is 38.0 Å². The van der Waals surface area contributed by atoms with Gasteiger partial charge in [0.1, 0.15) is 36.2 Å². The van der Waals surface area contributed by atoms with E-state index in [4.69, 9.17) is 32.8 Å². The molecule has 0 spiro atoms. The summed E-state index contributed by atoms with van der Waals surface area (Å²) in [6.45, 7) is 13.6. The van der Waals surface area contributed by atoms with E-state index in [-0.39, 0.29) is 38.3 Å². The van der Waals surface area contributed by atoms with E-state index in [2.05, 4.69) is 57.8 Å². The van der Waals surface area contributed by atoms with Crippen LogP contribution in [0.5, 0.6) is 23.0 Å². The van der Waals surface area contributed by atoms with Gasteiger partial charge < -0.3 is 38.0 Å². The van der Waals surface area contributed by atoms with E-state index in [0.717, 1.165) is 24.0 Å². The molecule has 1 N–H and O–H groups in total. The molecule has 8 nitrogen and oxygen atoms in total. The zero-order valence-corrected chi connectivity index (χ0v) is 30.0. The van der Waals surface area contributed by atoms with Gasteiger partial charge in [-0.25, -0.2) is 0 Å². The van der Waals surface area contributed by atoms with Crippen LogP contribution in [0.2, 0.25) is 13.1 Å². The van der Waals surface area contributed by atoms with Gasteiger partial charge in [-0.15, -0.1) is 0 Å². The van der Waals surface area contributed by atoms with Gasteiger partial charge in [0, 0.05) is 25.8 Å². The first kappa shape index (κ1) is 36.3. The van der Waals surface area contributed by atoms with Gasteiger partial charge in [0.15, 0.2) is 19.2 Å². The molecule has 0 aromatic heterocycles. The lowest BCUT2D eigenvalue weighted by molar-refractivity contribution is -0.0274. The Morgan fingerprint density at radius 2 is 1.47 bits per heavy atom. The van der Waals surface area contributed by atoms with Gasteiger partial charge in [0.2, 0.25) is 9.04 Å². The van der Waals surface area contributed by atoms with E-state index in [9.17, 15) is 5.11 Å². The van der Waals surface area contributed by atoms with Crippen molar-refractivity contribution in [2.45, 2.75) is 70.8 Å². The zero-order valence-electron chi connectivity index (χ0n) is 29.0. The number of rotatable bonds is 14. The summed E-state index contributed by atoms with van der Waals surface area (Å²) in [6, 6.07) is 20.9. The number of fused-ring (bicyclic) bond motifs is 1. The van der Waals surface area contributed by atoms with Crippen LogP contribution in [-0.2, 0) is 24.9 Å². The lowest BCUT2D eigenvalue weighted by atomic mass is 9.65. The number of hydrogen-bond donors (Lipinski definition) is 1. The highest BCUT2D eigenvalue weighted by atomic mass is 28.3. The third-order valence-corrected chi connectivity index (χ3v) is 8.96. The Hall–Kier alpha value is -3.52. The molecular formula is C38H49O8Si. The summed E-state index contributed by atoms with van der Waals surface area (Å²) in [5.41, 5.74) is 0.235. The third kappa shape index (κ3) is 9.31. The fourth-order valence-corrected chi connectivity index (χ4v) is 6.33. The predicted molar refractivity (Wildman–Crippen MR) is 184 cm³/mol. The molecule has 3 aromatic carbocycles. The maximum absolute atomic E-state index is 12.5. The van der Waals surface area contributed by atoms with Crippen molar-refractivity contribution >= 4 is 9.04 Å². The smallest absolute Gasteiger partial charge is 0.205 e. The predicted octanol–water partition coefficient (Wildman–Crippen LogP) is 7.41. The van der Waals surface area contributed by atoms with Crippen LogP contribution < -0.4 is 18.9 Å². The molecule has 1 aliphatic rings. The minimum Gasteiger partial charge on any atom is -0.492 e. The molecule has 4 rings (SSSR count). The highest BCUT2D eigenvalue weighted by Crippen LogP contribution is 2.50. The van der Waals surface area contributed by atoms with Crippen molar-refractivity contribution in [1.82, 2.24) is 0 Å². The van der Waals surface area contributed by atoms with Crippen LogP contribution >= 0.6 is 0 Å². The second-order valence-electron chi connectivity index (χ2n) is 13.4. The van der Waals surface area contributed by atoms with Crippen molar-refractivity contribution in [3.63, 3.8) is 0 Å². The molecule has 253 valence electrons. The van der Waals surface area contributed by atoms with E-state index in [0.29, 0.717) is 28.6 Å². The van der Waals surface area contributed by atoms with E-state index < -0.39 is 20.1 Å². The van der Waals surface area contributed by atoms with Gasteiger partial charge >= 0.3 is 0 Å². The minimum atomic E-state index is -1.61. The largest absolute Gasteiger partial charge is 0.492 e. The molecule has 0 amide bonds. The Kier molecular flexibility index (Phi) is 12.4. The van der Waals surface area contributed by atoms with E-state index in [1.54, 1.807) is 32.4 Å². The first-order chi connectivity index (χ1) is 22.4. The molecule has 0 saturated heterocycles. The number of ether oxygens (including phenoxy) is 6. The summed E-state index contributed by atoms with van der Waals surface area (Å²) < 4.78 is 39.9. The van der Waals surface area contributed by atoms with Gasteiger partial charge in [-0.05, 0) is 85.8 Å². The average molecular weight is 662 g/mol. The maximum atomic E-state index is 12.5. The molecule has 0 saturated carbocycles. The second-order valence-corrected chi connectivity index (χ2v) is 15.4. The molecule has 3 unspecified atom stereocenters. The first-order valence-electron chi connectivity index (χ1n) is 15.9. The van der Waals surface area contributed by atoms with Crippen molar-refractivity contribution in [1.29, 1.82) is 0 Å². The summed E-state index contributed by atoms with van der Waals surface area (Å²) in [6.07, 6.45) is 2.11. The molecule has 0 fully saturated rings. The summed E-state index contributed by atoms with van der Waals surface area (Å²) in [5.74, 6) is 8.70. The van der Waals surface area contributed by atoms with E-state index >= 15 is 0 Å². The highest BCUT2D eigenvalue weighted by molar-refractivity contribution is 6.48. The molecule has 3 atom stereocenters. The molecule has 0 aliphatic carbocycles.